The van der Waals surface area contributed by atoms with Crippen molar-refractivity contribution in [2.24, 2.45) is 0 Å². The molecule has 0 radical (unpaired) electrons. The molecule has 1 amide bonds. The molecule has 1 N–H and O–H groups in total. The minimum Gasteiger partial charge on any atom is -0.350 e. The van der Waals surface area contributed by atoms with E-state index in [0.29, 0.717) is 29.0 Å². The van der Waals surface area contributed by atoms with E-state index in [-0.39, 0.29) is 12.5 Å². The molecule has 2 aromatic heterocycles. The van der Waals surface area contributed by atoms with E-state index in [1.807, 2.05) is 54.6 Å². The maximum absolute atomic E-state index is 12.4. The van der Waals surface area contributed by atoms with Gasteiger partial charge in [0.1, 0.15) is 12.2 Å². The first-order valence-electron chi connectivity index (χ1n) is 8.85. The van der Waals surface area contributed by atoms with Gasteiger partial charge in [0.15, 0.2) is 0 Å². The first kappa shape index (κ1) is 19.4. The zero-order chi connectivity index (χ0) is 20.2. The third-order valence-electron chi connectivity index (χ3n) is 4.32. The molecule has 0 aliphatic rings. The second-order valence-corrected chi connectivity index (χ2v) is 7.64. The van der Waals surface area contributed by atoms with E-state index in [1.165, 1.54) is 0 Å². The predicted molar refractivity (Wildman–Crippen MR) is 114 cm³/mol. The number of carbonyl (C=O) groups is 1. The van der Waals surface area contributed by atoms with E-state index >= 15 is 0 Å². The van der Waals surface area contributed by atoms with Gasteiger partial charge in [-0.2, -0.15) is 4.98 Å². The number of carbonyl (C=O) groups excluding carboxylic acids is 1. The van der Waals surface area contributed by atoms with Crippen molar-refractivity contribution in [3.63, 3.8) is 0 Å². The molecular weight excluding hydrogens is 456 g/mol. The van der Waals surface area contributed by atoms with Crippen molar-refractivity contribution < 1.29 is 9.32 Å². The van der Waals surface area contributed by atoms with Crippen LogP contribution in [0, 0.1) is 0 Å². The minimum atomic E-state index is -0.144. The van der Waals surface area contributed by atoms with Crippen molar-refractivity contribution in [1.29, 1.82) is 0 Å². The molecule has 0 saturated heterocycles. The zero-order valence-electron chi connectivity index (χ0n) is 15.2. The van der Waals surface area contributed by atoms with Crippen LogP contribution in [0.4, 0.5) is 0 Å². The van der Waals surface area contributed by atoms with Crippen LogP contribution < -0.4 is 5.32 Å². The molecule has 0 atom stereocenters. The van der Waals surface area contributed by atoms with E-state index in [0.717, 1.165) is 15.6 Å². The topological polar surface area (TPSA) is 73.0 Å². The van der Waals surface area contributed by atoms with Gasteiger partial charge in [-0.1, -0.05) is 50.9 Å². The molecule has 0 spiro atoms. The third-order valence-corrected chi connectivity index (χ3v) is 5.22. The number of rotatable bonds is 6. The van der Waals surface area contributed by atoms with Crippen LogP contribution in [0.1, 0.15) is 5.56 Å². The van der Waals surface area contributed by atoms with Gasteiger partial charge in [0.25, 0.3) is 5.89 Å². The average molecular weight is 472 g/mol. The molecule has 2 aromatic carbocycles. The number of hydrogen-bond acceptors (Lipinski definition) is 4. The molecule has 2 heterocycles. The molecule has 146 valence electrons. The Balaban J connectivity index is 1.45. The van der Waals surface area contributed by atoms with E-state index in [4.69, 9.17) is 16.1 Å². The van der Waals surface area contributed by atoms with Crippen LogP contribution in [0.25, 0.3) is 23.0 Å². The largest absolute Gasteiger partial charge is 0.350 e. The molecule has 4 rings (SSSR count). The summed E-state index contributed by atoms with van der Waals surface area (Å²) in [4.78, 5) is 16.9. The van der Waals surface area contributed by atoms with Crippen LogP contribution in [0.3, 0.4) is 0 Å². The first-order chi connectivity index (χ1) is 14.1. The molecule has 0 bridgehead atoms. The molecule has 0 aliphatic carbocycles. The number of benzene rings is 2. The van der Waals surface area contributed by atoms with Crippen molar-refractivity contribution >= 4 is 33.4 Å². The monoisotopic (exact) mass is 470 g/mol. The lowest BCUT2D eigenvalue weighted by Gasteiger charge is -2.09. The molecule has 0 saturated carbocycles. The highest BCUT2D eigenvalue weighted by molar-refractivity contribution is 9.10. The Morgan fingerprint density at radius 2 is 1.90 bits per heavy atom. The first-order valence-corrected chi connectivity index (χ1v) is 10.0. The van der Waals surface area contributed by atoms with Gasteiger partial charge in [-0.3, -0.25) is 4.79 Å². The average Bonchev–Trinajstić information content (AvgIpc) is 3.37. The maximum Gasteiger partial charge on any atom is 0.274 e. The number of aromatic nitrogens is 3. The summed E-state index contributed by atoms with van der Waals surface area (Å²) < 4.78 is 8.16. The number of halogens is 2. The Labute approximate surface area is 180 Å². The second-order valence-electron chi connectivity index (χ2n) is 6.32. The smallest absolute Gasteiger partial charge is 0.274 e. The Morgan fingerprint density at radius 1 is 1.10 bits per heavy atom. The third kappa shape index (κ3) is 4.58. The zero-order valence-corrected chi connectivity index (χ0v) is 17.5. The SMILES string of the molecule is O=C(Cn1cccc1-c1nc(-c2ccc(Br)cc2)no1)NCc1ccccc1Cl. The highest BCUT2D eigenvalue weighted by Crippen LogP contribution is 2.24. The lowest BCUT2D eigenvalue weighted by Crippen LogP contribution is -2.27. The summed E-state index contributed by atoms with van der Waals surface area (Å²) >= 11 is 9.54. The quantitative estimate of drug-likeness (QED) is 0.432. The number of amides is 1. The van der Waals surface area contributed by atoms with Gasteiger partial charge in [-0.25, -0.2) is 0 Å². The molecule has 0 fully saturated rings. The van der Waals surface area contributed by atoms with Crippen LogP contribution >= 0.6 is 27.5 Å². The lowest BCUT2D eigenvalue weighted by molar-refractivity contribution is -0.121. The lowest BCUT2D eigenvalue weighted by atomic mass is 10.2. The van der Waals surface area contributed by atoms with Gasteiger partial charge in [0.2, 0.25) is 11.7 Å². The maximum atomic E-state index is 12.4. The van der Waals surface area contributed by atoms with Crippen molar-refractivity contribution in [2.75, 3.05) is 0 Å². The normalized spacial score (nSPS) is 10.8. The fraction of sp³-hybridized carbons (Fsp3) is 0.0952. The summed E-state index contributed by atoms with van der Waals surface area (Å²) in [7, 11) is 0. The van der Waals surface area contributed by atoms with E-state index in [2.05, 4.69) is 31.4 Å². The van der Waals surface area contributed by atoms with Gasteiger partial charge in [-0.05, 0) is 48.0 Å². The Bertz CT molecular complexity index is 1140. The Hall–Kier alpha value is -2.90. The van der Waals surface area contributed by atoms with Crippen molar-refractivity contribution in [2.45, 2.75) is 13.1 Å². The van der Waals surface area contributed by atoms with Gasteiger partial charge >= 0.3 is 0 Å². The highest BCUT2D eigenvalue weighted by Gasteiger charge is 2.15. The summed E-state index contributed by atoms with van der Waals surface area (Å²) in [5.74, 6) is 0.699. The summed E-state index contributed by atoms with van der Waals surface area (Å²) in [6.07, 6.45) is 1.80. The van der Waals surface area contributed by atoms with E-state index < -0.39 is 0 Å². The van der Waals surface area contributed by atoms with Gasteiger partial charge in [0.05, 0.1) is 0 Å². The summed E-state index contributed by atoms with van der Waals surface area (Å²) in [6.45, 7) is 0.492. The van der Waals surface area contributed by atoms with Gasteiger partial charge < -0.3 is 14.4 Å². The number of nitrogens with one attached hydrogen (secondary N) is 1. The van der Waals surface area contributed by atoms with Gasteiger partial charge in [-0.15, -0.1) is 0 Å². The van der Waals surface area contributed by atoms with Crippen LogP contribution in [0.5, 0.6) is 0 Å². The van der Waals surface area contributed by atoms with E-state index in [1.54, 1.807) is 16.8 Å². The highest BCUT2D eigenvalue weighted by atomic mass is 79.9. The fourth-order valence-electron chi connectivity index (χ4n) is 2.84. The minimum absolute atomic E-state index is 0.128. The molecule has 4 aromatic rings. The molecule has 29 heavy (non-hydrogen) atoms. The van der Waals surface area contributed by atoms with Crippen molar-refractivity contribution in [3.8, 4) is 23.0 Å². The summed E-state index contributed by atoms with van der Waals surface area (Å²) in [5.41, 5.74) is 2.39. The van der Waals surface area contributed by atoms with Crippen LogP contribution in [0.15, 0.2) is 75.9 Å². The molecule has 8 heteroatoms. The number of nitrogens with zero attached hydrogens (tertiary/aromatic N) is 3. The standard InChI is InChI=1S/C21H16BrClN4O2/c22-16-9-7-14(8-10-16)20-25-21(29-26-20)18-6-3-11-27(18)13-19(28)24-12-15-4-1-2-5-17(15)23/h1-11H,12-13H2,(H,24,28). The van der Waals surface area contributed by atoms with Crippen LogP contribution in [0.2, 0.25) is 5.02 Å². The van der Waals surface area contributed by atoms with E-state index in [9.17, 15) is 4.79 Å². The Morgan fingerprint density at radius 3 is 2.69 bits per heavy atom. The molecule has 0 aliphatic heterocycles. The van der Waals surface area contributed by atoms with Crippen LogP contribution in [-0.4, -0.2) is 20.6 Å². The summed E-state index contributed by atoms with van der Waals surface area (Å²) in [6, 6.07) is 18.7. The van der Waals surface area contributed by atoms with Gasteiger partial charge in [0, 0.05) is 27.8 Å². The second kappa shape index (κ2) is 8.63. The molecular formula is C21H16BrClN4O2. The fourth-order valence-corrected chi connectivity index (χ4v) is 3.30. The predicted octanol–water partition coefficient (Wildman–Crippen LogP) is 4.94. The van der Waals surface area contributed by atoms with Crippen LogP contribution in [-0.2, 0) is 17.9 Å². The molecule has 0 unspecified atom stereocenters. The van der Waals surface area contributed by atoms with Crippen molar-refractivity contribution in [1.82, 2.24) is 20.0 Å². The number of hydrogen-bond donors (Lipinski definition) is 1. The van der Waals surface area contributed by atoms with Crippen molar-refractivity contribution in [3.05, 3.63) is 81.9 Å². The summed E-state index contributed by atoms with van der Waals surface area (Å²) in [5, 5.41) is 7.55. The molecule has 6 nitrogen and oxygen atoms in total. The Kier molecular flexibility index (Phi) is 5.78.